The highest BCUT2D eigenvalue weighted by molar-refractivity contribution is 9.10. The molecule has 0 aliphatic heterocycles. The molecule has 1 aliphatic carbocycles. The van der Waals surface area contributed by atoms with Crippen molar-refractivity contribution in [1.29, 1.82) is 0 Å². The third-order valence-electron chi connectivity index (χ3n) is 3.48. The summed E-state index contributed by atoms with van der Waals surface area (Å²) < 4.78 is 1.20. The zero-order chi connectivity index (χ0) is 13.0. The van der Waals surface area contributed by atoms with Crippen LogP contribution in [-0.2, 0) is 6.42 Å². The molecule has 0 bridgehead atoms. The topological polar surface area (TPSA) is 29.3 Å². The minimum Gasteiger partial charge on any atom is -0.371 e. The molecule has 0 amide bonds. The van der Waals surface area contributed by atoms with Gasteiger partial charge in [-0.05, 0) is 55.8 Å². The highest BCUT2D eigenvalue weighted by atomic mass is 79.9. The largest absolute Gasteiger partial charge is 0.371 e. The molecule has 0 radical (unpaired) electrons. The summed E-state index contributed by atoms with van der Waals surface area (Å²) in [5.74, 6) is 0.930. The maximum absolute atomic E-state index is 5.62. The van der Waals surface area contributed by atoms with Crippen molar-refractivity contribution in [3.8, 4) is 0 Å². The summed E-state index contributed by atoms with van der Waals surface area (Å²) in [7, 11) is 0. The van der Waals surface area contributed by atoms with Gasteiger partial charge in [-0.15, -0.1) is 0 Å². The first-order chi connectivity index (χ1) is 8.74. The third kappa shape index (κ3) is 3.72. The Kier molecular flexibility index (Phi) is 5.07. The fourth-order valence-corrected chi connectivity index (χ4v) is 2.86. The molecule has 2 N–H and O–H groups in total. The van der Waals surface area contributed by atoms with Gasteiger partial charge in [0.25, 0.3) is 0 Å². The lowest BCUT2D eigenvalue weighted by Gasteiger charge is -2.25. The molecule has 0 spiro atoms. The molecular weight excluding hydrogens is 288 g/mol. The second-order valence-corrected chi connectivity index (χ2v) is 6.06. The van der Waals surface area contributed by atoms with E-state index in [4.69, 9.17) is 5.73 Å². The van der Waals surface area contributed by atoms with Crippen molar-refractivity contribution < 1.29 is 0 Å². The van der Waals surface area contributed by atoms with Gasteiger partial charge in [-0.1, -0.05) is 28.9 Å². The summed E-state index contributed by atoms with van der Waals surface area (Å²) in [4.78, 5) is 2.52. The average Bonchev–Trinajstić information content (AvgIpc) is 3.15. The minimum absolute atomic E-state index is 0.707. The van der Waals surface area contributed by atoms with Crippen LogP contribution in [0.4, 0.5) is 5.69 Å². The maximum atomic E-state index is 5.62. The quantitative estimate of drug-likeness (QED) is 0.834. The van der Waals surface area contributed by atoms with Crippen LogP contribution >= 0.6 is 15.9 Å². The average molecular weight is 311 g/mol. The molecule has 1 saturated carbocycles. The molecule has 0 atom stereocenters. The molecule has 100 valence electrons. The Morgan fingerprint density at radius 1 is 1.39 bits per heavy atom. The van der Waals surface area contributed by atoms with Gasteiger partial charge in [0.2, 0.25) is 0 Å². The zero-order valence-corrected chi connectivity index (χ0v) is 12.7. The zero-order valence-electron chi connectivity index (χ0n) is 11.2. The van der Waals surface area contributed by atoms with Gasteiger partial charge in [0.1, 0.15) is 0 Å². The van der Waals surface area contributed by atoms with Crippen molar-refractivity contribution >= 4 is 21.6 Å². The molecule has 1 fully saturated rings. The molecule has 0 unspecified atom stereocenters. The van der Waals surface area contributed by atoms with E-state index in [1.807, 2.05) is 0 Å². The van der Waals surface area contributed by atoms with Gasteiger partial charge in [-0.2, -0.15) is 0 Å². The Balaban J connectivity index is 2.10. The van der Waals surface area contributed by atoms with Crippen molar-refractivity contribution in [1.82, 2.24) is 0 Å². The summed E-state index contributed by atoms with van der Waals surface area (Å²) in [6.45, 7) is 5.33. The molecule has 2 nitrogen and oxygen atoms in total. The van der Waals surface area contributed by atoms with Crippen molar-refractivity contribution in [2.75, 3.05) is 24.5 Å². The lowest BCUT2D eigenvalue weighted by molar-refractivity contribution is 0.708. The normalized spacial score (nSPS) is 14.8. The first-order valence-electron chi connectivity index (χ1n) is 6.98. The summed E-state index contributed by atoms with van der Waals surface area (Å²) in [6.07, 6.45) is 4.96. The van der Waals surface area contributed by atoms with Gasteiger partial charge in [0.15, 0.2) is 0 Å². The molecule has 0 aromatic heterocycles. The summed E-state index contributed by atoms with van der Waals surface area (Å²) in [5.41, 5.74) is 8.27. The van der Waals surface area contributed by atoms with Crippen molar-refractivity contribution in [3.05, 3.63) is 28.2 Å². The fraction of sp³-hybridized carbons (Fsp3) is 0.600. The first-order valence-corrected chi connectivity index (χ1v) is 7.77. The van der Waals surface area contributed by atoms with Crippen LogP contribution in [0.15, 0.2) is 22.7 Å². The second-order valence-electron chi connectivity index (χ2n) is 5.20. The molecule has 3 heteroatoms. The van der Waals surface area contributed by atoms with Crippen LogP contribution in [0.25, 0.3) is 0 Å². The molecule has 0 heterocycles. The van der Waals surface area contributed by atoms with Crippen LogP contribution in [0.3, 0.4) is 0 Å². The molecular formula is C15H23BrN2. The Bertz CT molecular complexity index is 388. The number of nitrogens with two attached hydrogens (primary N) is 1. The van der Waals surface area contributed by atoms with Gasteiger partial charge in [0, 0.05) is 23.2 Å². The van der Waals surface area contributed by atoms with Gasteiger partial charge in [0.05, 0.1) is 0 Å². The van der Waals surface area contributed by atoms with Gasteiger partial charge >= 0.3 is 0 Å². The first kappa shape index (κ1) is 13.9. The summed E-state index contributed by atoms with van der Waals surface area (Å²) in [6, 6.07) is 6.71. The number of nitrogens with zero attached hydrogens (tertiary/aromatic N) is 1. The van der Waals surface area contributed by atoms with Crippen molar-refractivity contribution in [2.45, 2.75) is 32.6 Å². The molecule has 0 saturated heterocycles. The van der Waals surface area contributed by atoms with E-state index < -0.39 is 0 Å². The van der Waals surface area contributed by atoms with Gasteiger partial charge in [-0.3, -0.25) is 0 Å². The van der Waals surface area contributed by atoms with Crippen LogP contribution in [0.2, 0.25) is 0 Å². The van der Waals surface area contributed by atoms with Crippen molar-refractivity contribution in [3.63, 3.8) is 0 Å². The van der Waals surface area contributed by atoms with Crippen LogP contribution in [0, 0.1) is 5.92 Å². The van der Waals surface area contributed by atoms with Crippen molar-refractivity contribution in [2.24, 2.45) is 11.7 Å². The number of halogens is 1. The second kappa shape index (κ2) is 6.58. The van der Waals surface area contributed by atoms with E-state index in [-0.39, 0.29) is 0 Å². The number of benzene rings is 1. The van der Waals surface area contributed by atoms with E-state index in [2.05, 4.69) is 46.0 Å². The van der Waals surface area contributed by atoms with E-state index in [0.29, 0.717) is 6.54 Å². The van der Waals surface area contributed by atoms with Gasteiger partial charge < -0.3 is 10.6 Å². The molecule has 2 rings (SSSR count). The predicted molar refractivity (Wildman–Crippen MR) is 82.1 cm³/mol. The van der Waals surface area contributed by atoms with E-state index in [1.54, 1.807) is 0 Å². The van der Waals surface area contributed by atoms with E-state index in [1.165, 1.54) is 41.5 Å². The standard InChI is InChI=1S/C15H23BrN2/c1-2-9-18(11-12-3-4-12)14-6-5-13(7-8-17)15(16)10-14/h5-6,10,12H,2-4,7-9,11,17H2,1H3. The molecule has 1 aromatic rings. The maximum Gasteiger partial charge on any atom is 0.0377 e. The monoisotopic (exact) mass is 310 g/mol. The number of anilines is 1. The van der Waals surface area contributed by atoms with E-state index >= 15 is 0 Å². The lowest BCUT2D eigenvalue weighted by atomic mass is 10.1. The number of hydrogen-bond donors (Lipinski definition) is 1. The number of hydrogen-bond acceptors (Lipinski definition) is 2. The summed E-state index contributed by atoms with van der Waals surface area (Å²) >= 11 is 3.67. The Morgan fingerprint density at radius 3 is 2.72 bits per heavy atom. The Labute approximate surface area is 119 Å². The molecule has 18 heavy (non-hydrogen) atoms. The molecule has 1 aromatic carbocycles. The van der Waals surface area contributed by atoms with Crippen LogP contribution in [0.5, 0.6) is 0 Å². The SMILES string of the molecule is CCCN(CC1CC1)c1ccc(CCN)c(Br)c1. The highest BCUT2D eigenvalue weighted by Gasteiger charge is 2.24. The van der Waals surface area contributed by atoms with E-state index in [0.717, 1.165) is 18.9 Å². The minimum atomic E-state index is 0.707. The van der Waals surface area contributed by atoms with Gasteiger partial charge in [-0.25, -0.2) is 0 Å². The number of rotatable bonds is 7. The van der Waals surface area contributed by atoms with E-state index in [9.17, 15) is 0 Å². The lowest BCUT2D eigenvalue weighted by Crippen LogP contribution is -2.26. The molecule has 1 aliphatic rings. The van der Waals surface area contributed by atoms with Crippen LogP contribution < -0.4 is 10.6 Å². The Morgan fingerprint density at radius 2 is 2.17 bits per heavy atom. The Hall–Kier alpha value is -0.540. The predicted octanol–water partition coefficient (Wildman–Crippen LogP) is 3.58. The smallest absolute Gasteiger partial charge is 0.0377 e. The summed E-state index contributed by atoms with van der Waals surface area (Å²) in [5, 5.41) is 0. The highest BCUT2D eigenvalue weighted by Crippen LogP contribution is 2.32. The fourth-order valence-electron chi connectivity index (χ4n) is 2.30. The van der Waals surface area contributed by atoms with Crippen LogP contribution in [-0.4, -0.2) is 19.6 Å². The third-order valence-corrected chi connectivity index (χ3v) is 4.22. The van der Waals surface area contributed by atoms with Crippen LogP contribution in [0.1, 0.15) is 31.7 Å².